The summed E-state index contributed by atoms with van der Waals surface area (Å²) in [6, 6.07) is 5.67. The molecule has 25 heavy (non-hydrogen) atoms. The molecule has 8 heteroatoms. The molecule has 0 unspecified atom stereocenters. The molecule has 3 rings (SSSR count). The van der Waals surface area contributed by atoms with Crippen molar-refractivity contribution in [2.45, 2.75) is 25.8 Å². The zero-order valence-electron chi connectivity index (χ0n) is 15.2. The lowest BCUT2D eigenvalue weighted by atomic mass is 9.94. The fourth-order valence-electron chi connectivity index (χ4n) is 3.23. The van der Waals surface area contributed by atoms with Crippen LogP contribution in [0.25, 0.3) is 5.69 Å². The van der Waals surface area contributed by atoms with Gasteiger partial charge in [-0.25, -0.2) is 0 Å². The van der Waals surface area contributed by atoms with Crippen LogP contribution in [-0.4, -0.2) is 65.6 Å². The number of hydrogen-bond donors (Lipinski definition) is 0. The van der Waals surface area contributed by atoms with E-state index in [9.17, 15) is 0 Å². The lowest BCUT2D eigenvalue weighted by Crippen LogP contribution is -2.50. The molecule has 0 N–H and O–H groups in total. The molecule has 2 heterocycles. The standard InChI is InChI=1S/C17H25N5O3/c1-5-17(2,21-8-10-25-11-9-21)16-18-19-20-22(16)13-6-7-14(23-3)15(12-13)24-4/h6-7,12H,5,8-11H2,1-4H3/t17-/m1/s1. The summed E-state index contributed by atoms with van der Waals surface area (Å²) in [5, 5.41) is 12.5. The van der Waals surface area contributed by atoms with Crippen molar-refractivity contribution in [3.8, 4) is 17.2 Å². The van der Waals surface area contributed by atoms with Crippen LogP contribution in [-0.2, 0) is 10.3 Å². The van der Waals surface area contributed by atoms with Crippen LogP contribution >= 0.6 is 0 Å². The van der Waals surface area contributed by atoms with Crippen molar-refractivity contribution in [2.24, 2.45) is 0 Å². The Hall–Kier alpha value is -2.19. The molecule has 1 aliphatic rings. The van der Waals surface area contributed by atoms with Gasteiger partial charge in [0.15, 0.2) is 17.3 Å². The van der Waals surface area contributed by atoms with Gasteiger partial charge in [0, 0.05) is 19.2 Å². The summed E-state index contributed by atoms with van der Waals surface area (Å²) in [5.41, 5.74) is 0.561. The summed E-state index contributed by atoms with van der Waals surface area (Å²) < 4.78 is 18.0. The molecule has 1 atom stereocenters. The highest BCUT2D eigenvalue weighted by molar-refractivity contribution is 5.48. The molecule has 1 fully saturated rings. The zero-order chi connectivity index (χ0) is 17.9. The van der Waals surface area contributed by atoms with E-state index in [0.717, 1.165) is 44.2 Å². The predicted molar refractivity (Wildman–Crippen MR) is 92.3 cm³/mol. The second-order valence-electron chi connectivity index (χ2n) is 6.18. The number of tetrazole rings is 1. The molecule has 1 saturated heterocycles. The van der Waals surface area contributed by atoms with E-state index in [4.69, 9.17) is 14.2 Å². The Morgan fingerprint density at radius 3 is 2.52 bits per heavy atom. The van der Waals surface area contributed by atoms with Crippen molar-refractivity contribution in [3.63, 3.8) is 0 Å². The maximum Gasteiger partial charge on any atom is 0.176 e. The van der Waals surface area contributed by atoms with Crippen LogP contribution in [0.5, 0.6) is 11.5 Å². The SMILES string of the molecule is CC[C@](C)(c1nnnn1-c1ccc(OC)c(OC)c1)N1CCOCC1. The van der Waals surface area contributed by atoms with Crippen LogP contribution < -0.4 is 9.47 Å². The molecule has 0 spiro atoms. The lowest BCUT2D eigenvalue weighted by Gasteiger charge is -2.41. The largest absolute Gasteiger partial charge is 0.493 e. The van der Waals surface area contributed by atoms with Gasteiger partial charge in [0.2, 0.25) is 0 Å². The van der Waals surface area contributed by atoms with Crippen molar-refractivity contribution < 1.29 is 14.2 Å². The van der Waals surface area contributed by atoms with Gasteiger partial charge in [0.25, 0.3) is 0 Å². The number of aromatic nitrogens is 4. The van der Waals surface area contributed by atoms with E-state index in [-0.39, 0.29) is 5.54 Å². The fraction of sp³-hybridized carbons (Fsp3) is 0.588. The smallest absolute Gasteiger partial charge is 0.176 e. The van der Waals surface area contributed by atoms with Crippen molar-refractivity contribution in [2.75, 3.05) is 40.5 Å². The summed E-state index contributed by atoms with van der Waals surface area (Å²) in [6.45, 7) is 7.53. The molecule has 1 aliphatic heterocycles. The van der Waals surface area contributed by atoms with Crippen LogP contribution in [0.4, 0.5) is 0 Å². The summed E-state index contributed by atoms with van der Waals surface area (Å²) in [4.78, 5) is 2.39. The molecule has 0 saturated carbocycles. The van der Waals surface area contributed by atoms with Crippen molar-refractivity contribution in [1.82, 2.24) is 25.1 Å². The van der Waals surface area contributed by atoms with Crippen LogP contribution in [0.2, 0.25) is 0 Å². The highest BCUT2D eigenvalue weighted by Gasteiger charge is 2.38. The van der Waals surface area contributed by atoms with Crippen LogP contribution in [0, 0.1) is 0 Å². The number of rotatable bonds is 6. The molecule has 0 amide bonds. The van der Waals surface area contributed by atoms with E-state index in [1.165, 1.54) is 0 Å². The van der Waals surface area contributed by atoms with Crippen molar-refractivity contribution >= 4 is 0 Å². The second-order valence-corrected chi connectivity index (χ2v) is 6.18. The van der Waals surface area contributed by atoms with Gasteiger partial charge in [0.1, 0.15) is 0 Å². The van der Waals surface area contributed by atoms with Gasteiger partial charge in [-0.15, -0.1) is 5.10 Å². The van der Waals surface area contributed by atoms with E-state index in [0.29, 0.717) is 11.5 Å². The van der Waals surface area contributed by atoms with Crippen molar-refractivity contribution in [3.05, 3.63) is 24.0 Å². The van der Waals surface area contributed by atoms with Gasteiger partial charge in [-0.05, 0) is 35.9 Å². The van der Waals surface area contributed by atoms with Crippen molar-refractivity contribution in [1.29, 1.82) is 0 Å². The molecular formula is C17H25N5O3. The Labute approximate surface area is 147 Å². The van der Waals surface area contributed by atoms with E-state index in [2.05, 4.69) is 34.3 Å². The Kier molecular flexibility index (Phi) is 5.19. The first-order valence-electron chi connectivity index (χ1n) is 8.48. The number of nitrogens with zero attached hydrogens (tertiary/aromatic N) is 5. The topological polar surface area (TPSA) is 74.5 Å². The maximum atomic E-state index is 5.50. The minimum Gasteiger partial charge on any atom is -0.493 e. The Morgan fingerprint density at radius 2 is 1.88 bits per heavy atom. The van der Waals surface area contributed by atoms with Gasteiger partial charge in [-0.2, -0.15) is 4.68 Å². The van der Waals surface area contributed by atoms with Gasteiger partial charge < -0.3 is 14.2 Å². The van der Waals surface area contributed by atoms with Gasteiger partial charge in [-0.3, -0.25) is 4.90 Å². The molecule has 0 bridgehead atoms. The monoisotopic (exact) mass is 347 g/mol. The molecule has 1 aromatic heterocycles. The predicted octanol–water partition coefficient (Wildman–Crippen LogP) is 1.64. The van der Waals surface area contributed by atoms with Gasteiger partial charge in [-0.1, -0.05) is 6.92 Å². The van der Waals surface area contributed by atoms with Gasteiger partial charge >= 0.3 is 0 Å². The number of benzene rings is 1. The highest BCUT2D eigenvalue weighted by Crippen LogP contribution is 2.34. The Morgan fingerprint density at radius 1 is 1.16 bits per heavy atom. The number of morpholine rings is 1. The first kappa shape index (κ1) is 17.6. The minimum atomic E-state index is -0.277. The summed E-state index contributed by atoms with van der Waals surface area (Å²) in [6.07, 6.45) is 0.890. The average Bonchev–Trinajstić information content (AvgIpc) is 3.18. The molecular weight excluding hydrogens is 322 g/mol. The summed E-state index contributed by atoms with van der Waals surface area (Å²) in [5.74, 6) is 2.13. The second kappa shape index (κ2) is 7.37. The Bertz CT molecular complexity index is 714. The molecule has 1 aromatic carbocycles. The maximum absolute atomic E-state index is 5.50. The number of ether oxygens (including phenoxy) is 3. The molecule has 0 aliphatic carbocycles. The normalized spacial score (nSPS) is 17.9. The molecule has 0 radical (unpaired) electrons. The van der Waals surface area contributed by atoms with Crippen LogP contribution in [0.1, 0.15) is 26.1 Å². The summed E-state index contributed by atoms with van der Waals surface area (Å²) >= 11 is 0. The van der Waals surface area contributed by atoms with E-state index in [1.807, 2.05) is 18.2 Å². The molecule has 8 nitrogen and oxygen atoms in total. The number of methoxy groups -OCH3 is 2. The van der Waals surface area contributed by atoms with E-state index < -0.39 is 0 Å². The number of hydrogen-bond acceptors (Lipinski definition) is 7. The average molecular weight is 347 g/mol. The first-order valence-corrected chi connectivity index (χ1v) is 8.48. The quantitative estimate of drug-likeness (QED) is 0.786. The van der Waals surface area contributed by atoms with Gasteiger partial charge in [0.05, 0.1) is 38.7 Å². The van der Waals surface area contributed by atoms with Crippen LogP contribution in [0.15, 0.2) is 18.2 Å². The van der Waals surface area contributed by atoms with Crippen LogP contribution in [0.3, 0.4) is 0 Å². The lowest BCUT2D eigenvalue weighted by molar-refractivity contribution is -0.0240. The third-order valence-electron chi connectivity index (χ3n) is 4.96. The highest BCUT2D eigenvalue weighted by atomic mass is 16.5. The minimum absolute atomic E-state index is 0.277. The molecule has 2 aromatic rings. The van der Waals surface area contributed by atoms with E-state index >= 15 is 0 Å². The third kappa shape index (κ3) is 3.19. The first-order chi connectivity index (χ1) is 12.1. The summed E-state index contributed by atoms with van der Waals surface area (Å²) in [7, 11) is 3.23. The Balaban J connectivity index is 2.02. The fourth-order valence-corrected chi connectivity index (χ4v) is 3.23. The third-order valence-corrected chi connectivity index (χ3v) is 4.96. The zero-order valence-corrected chi connectivity index (χ0v) is 15.2. The molecule has 136 valence electrons. The van der Waals surface area contributed by atoms with E-state index in [1.54, 1.807) is 18.9 Å².